The molecular weight excluding hydrogens is 188 g/mol. The van der Waals surface area contributed by atoms with Gasteiger partial charge in [0.05, 0.1) is 12.1 Å². The molecule has 0 saturated heterocycles. The number of carboxylic acids is 1. The summed E-state index contributed by atoms with van der Waals surface area (Å²) in [5.41, 5.74) is 5.39. The molecule has 0 aromatic rings. The van der Waals surface area contributed by atoms with E-state index in [1.807, 2.05) is 0 Å². The minimum absolute atomic E-state index is 0.0982. The second-order valence-electron chi connectivity index (χ2n) is 3.13. The van der Waals surface area contributed by atoms with E-state index < -0.39 is 24.0 Å². The SMILES string of the molecule is C[C@@H](O)CNC(=O)C(N)CCC(=O)O. The van der Waals surface area contributed by atoms with Gasteiger partial charge in [0, 0.05) is 13.0 Å². The summed E-state index contributed by atoms with van der Waals surface area (Å²) >= 11 is 0. The van der Waals surface area contributed by atoms with Gasteiger partial charge in [0.1, 0.15) is 0 Å². The fraction of sp³-hybridized carbons (Fsp3) is 0.750. The van der Waals surface area contributed by atoms with E-state index in [1.54, 1.807) is 0 Å². The normalized spacial score (nSPS) is 14.5. The van der Waals surface area contributed by atoms with Crippen LogP contribution >= 0.6 is 0 Å². The number of aliphatic hydroxyl groups excluding tert-OH is 1. The second-order valence-corrected chi connectivity index (χ2v) is 3.13. The Labute approximate surface area is 82.1 Å². The summed E-state index contributed by atoms with van der Waals surface area (Å²) < 4.78 is 0. The quantitative estimate of drug-likeness (QED) is 0.428. The van der Waals surface area contributed by atoms with E-state index >= 15 is 0 Å². The molecule has 0 fully saturated rings. The van der Waals surface area contributed by atoms with Gasteiger partial charge in [-0.05, 0) is 13.3 Å². The van der Waals surface area contributed by atoms with Crippen LogP contribution in [0, 0.1) is 0 Å². The number of aliphatic carboxylic acids is 1. The molecule has 0 aromatic heterocycles. The molecule has 0 spiro atoms. The summed E-state index contributed by atoms with van der Waals surface area (Å²) in [4.78, 5) is 21.3. The highest BCUT2D eigenvalue weighted by atomic mass is 16.4. The van der Waals surface area contributed by atoms with Gasteiger partial charge in [-0.2, -0.15) is 0 Å². The van der Waals surface area contributed by atoms with Crippen LogP contribution in [-0.2, 0) is 9.59 Å². The molecule has 1 amide bonds. The summed E-state index contributed by atoms with van der Waals surface area (Å²) in [6.45, 7) is 1.66. The lowest BCUT2D eigenvalue weighted by molar-refractivity contribution is -0.137. The third-order valence-electron chi connectivity index (χ3n) is 1.58. The van der Waals surface area contributed by atoms with E-state index in [2.05, 4.69) is 5.32 Å². The molecule has 1 unspecified atom stereocenters. The Morgan fingerprint density at radius 1 is 1.50 bits per heavy atom. The molecule has 0 aromatic carbocycles. The summed E-state index contributed by atoms with van der Waals surface area (Å²) in [6, 6.07) is -0.829. The molecule has 0 saturated carbocycles. The van der Waals surface area contributed by atoms with Gasteiger partial charge < -0.3 is 21.3 Å². The van der Waals surface area contributed by atoms with Crippen molar-refractivity contribution in [2.75, 3.05) is 6.54 Å². The van der Waals surface area contributed by atoms with E-state index in [1.165, 1.54) is 6.92 Å². The number of nitrogens with one attached hydrogen (secondary N) is 1. The first-order valence-electron chi connectivity index (χ1n) is 4.36. The lowest BCUT2D eigenvalue weighted by Gasteiger charge is -2.11. The van der Waals surface area contributed by atoms with Crippen molar-refractivity contribution < 1.29 is 19.8 Å². The number of hydrogen-bond acceptors (Lipinski definition) is 4. The zero-order valence-electron chi connectivity index (χ0n) is 8.06. The van der Waals surface area contributed by atoms with Crippen molar-refractivity contribution in [1.29, 1.82) is 0 Å². The molecule has 0 aliphatic heterocycles. The fourth-order valence-electron chi connectivity index (χ4n) is 0.789. The fourth-order valence-corrected chi connectivity index (χ4v) is 0.789. The predicted octanol–water partition coefficient (Wildman–Crippen LogP) is -1.32. The number of hydrogen-bond donors (Lipinski definition) is 4. The molecule has 0 radical (unpaired) electrons. The molecule has 5 N–H and O–H groups in total. The maximum Gasteiger partial charge on any atom is 0.303 e. The summed E-state index contributed by atoms with van der Waals surface area (Å²) in [7, 11) is 0. The average molecular weight is 204 g/mol. The number of aliphatic hydroxyl groups is 1. The molecule has 6 nitrogen and oxygen atoms in total. The number of carbonyl (C=O) groups excluding carboxylic acids is 1. The third-order valence-corrected chi connectivity index (χ3v) is 1.58. The van der Waals surface area contributed by atoms with Gasteiger partial charge in [0.2, 0.25) is 5.91 Å². The lowest BCUT2D eigenvalue weighted by Crippen LogP contribution is -2.43. The molecule has 0 aliphatic carbocycles. The highest BCUT2D eigenvalue weighted by Gasteiger charge is 2.14. The Hall–Kier alpha value is -1.14. The van der Waals surface area contributed by atoms with Crippen molar-refractivity contribution in [2.45, 2.75) is 31.9 Å². The maximum absolute atomic E-state index is 11.1. The van der Waals surface area contributed by atoms with Gasteiger partial charge in [-0.1, -0.05) is 0 Å². The number of nitrogens with two attached hydrogens (primary N) is 1. The van der Waals surface area contributed by atoms with Crippen molar-refractivity contribution in [3.63, 3.8) is 0 Å². The Kier molecular flexibility index (Phi) is 5.82. The van der Waals surface area contributed by atoms with Gasteiger partial charge in [-0.3, -0.25) is 9.59 Å². The molecule has 82 valence electrons. The standard InChI is InChI=1S/C8H16N2O4/c1-5(11)4-10-8(14)6(9)2-3-7(12)13/h5-6,11H,2-4,9H2,1H3,(H,10,14)(H,12,13)/t5-,6?/m1/s1. The van der Waals surface area contributed by atoms with Crippen molar-refractivity contribution in [1.82, 2.24) is 5.32 Å². The van der Waals surface area contributed by atoms with Crippen LogP contribution in [0.5, 0.6) is 0 Å². The van der Waals surface area contributed by atoms with Crippen molar-refractivity contribution >= 4 is 11.9 Å². The largest absolute Gasteiger partial charge is 0.481 e. The Balaban J connectivity index is 3.70. The van der Waals surface area contributed by atoms with Crippen molar-refractivity contribution in [2.24, 2.45) is 5.73 Å². The molecule has 0 bridgehead atoms. The topological polar surface area (TPSA) is 113 Å². The summed E-state index contributed by atoms with van der Waals surface area (Å²) in [5, 5.41) is 19.6. The number of amides is 1. The second kappa shape index (κ2) is 6.33. The summed E-state index contributed by atoms with van der Waals surface area (Å²) in [5.74, 6) is -1.42. The zero-order valence-corrected chi connectivity index (χ0v) is 8.06. The van der Waals surface area contributed by atoms with Crippen LogP contribution in [-0.4, -0.2) is 40.8 Å². The third kappa shape index (κ3) is 6.38. The van der Waals surface area contributed by atoms with Crippen LogP contribution in [0.3, 0.4) is 0 Å². The number of carbonyl (C=O) groups is 2. The Morgan fingerprint density at radius 3 is 2.50 bits per heavy atom. The van der Waals surface area contributed by atoms with Crippen LogP contribution in [0.15, 0.2) is 0 Å². The van der Waals surface area contributed by atoms with Crippen LogP contribution in [0.1, 0.15) is 19.8 Å². The van der Waals surface area contributed by atoms with Crippen LogP contribution in [0.2, 0.25) is 0 Å². The van der Waals surface area contributed by atoms with E-state index in [0.717, 1.165) is 0 Å². The van der Waals surface area contributed by atoms with E-state index in [0.29, 0.717) is 0 Å². The van der Waals surface area contributed by atoms with Crippen LogP contribution in [0.25, 0.3) is 0 Å². The van der Waals surface area contributed by atoms with Gasteiger partial charge in [0.25, 0.3) is 0 Å². The van der Waals surface area contributed by atoms with Gasteiger partial charge in [0.15, 0.2) is 0 Å². The van der Waals surface area contributed by atoms with Gasteiger partial charge in [-0.25, -0.2) is 0 Å². The van der Waals surface area contributed by atoms with Gasteiger partial charge >= 0.3 is 5.97 Å². The van der Waals surface area contributed by atoms with Crippen LogP contribution in [0.4, 0.5) is 0 Å². The highest BCUT2D eigenvalue weighted by Crippen LogP contribution is 1.94. The minimum Gasteiger partial charge on any atom is -0.481 e. The van der Waals surface area contributed by atoms with E-state index in [9.17, 15) is 9.59 Å². The van der Waals surface area contributed by atoms with Crippen LogP contribution < -0.4 is 11.1 Å². The number of rotatable bonds is 6. The van der Waals surface area contributed by atoms with E-state index in [4.69, 9.17) is 15.9 Å². The van der Waals surface area contributed by atoms with Crippen molar-refractivity contribution in [3.8, 4) is 0 Å². The smallest absolute Gasteiger partial charge is 0.303 e. The summed E-state index contributed by atoms with van der Waals surface area (Å²) in [6.07, 6.45) is -0.671. The van der Waals surface area contributed by atoms with E-state index in [-0.39, 0.29) is 19.4 Å². The minimum atomic E-state index is -0.983. The molecule has 0 rings (SSSR count). The zero-order chi connectivity index (χ0) is 11.1. The molecule has 14 heavy (non-hydrogen) atoms. The lowest BCUT2D eigenvalue weighted by atomic mass is 10.1. The molecule has 0 heterocycles. The maximum atomic E-state index is 11.1. The molecular formula is C8H16N2O4. The Bertz CT molecular complexity index is 206. The first kappa shape index (κ1) is 12.9. The van der Waals surface area contributed by atoms with Gasteiger partial charge in [-0.15, -0.1) is 0 Å². The molecule has 6 heteroatoms. The van der Waals surface area contributed by atoms with Crippen molar-refractivity contribution in [3.05, 3.63) is 0 Å². The molecule has 2 atom stereocenters. The Morgan fingerprint density at radius 2 is 2.07 bits per heavy atom. The first-order chi connectivity index (χ1) is 6.43. The highest BCUT2D eigenvalue weighted by molar-refractivity contribution is 5.82. The monoisotopic (exact) mass is 204 g/mol. The molecule has 0 aliphatic rings. The predicted molar refractivity (Wildman–Crippen MR) is 49.5 cm³/mol. The first-order valence-corrected chi connectivity index (χ1v) is 4.36. The number of carboxylic acid groups (broad SMARTS) is 1. The average Bonchev–Trinajstić information content (AvgIpc) is 2.09.